The Balaban J connectivity index is 1.40. The van der Waals surface area contributed by atoms with Crippen LogP contribution in [0.4, 0.5) is 0 Å². The van der Waals surface area contributed by atoms with Gasteiger partial charge in [-0.05, 0) is 24.6 Å². The average molecular weight is 389 g/mol. The van der Waals surface area contributed by atoms with Gasteiger partial charge in [0.2, 0.25) is 0 Å². The molecule has 1 fully saturated rings. The maximum atomic E-state index is 6.03. The largest absolute Gasteiger partial charge is 0.494 e. The molecule has 2 aromatic heterocycles. The van der Waals surface area contributed by atoms with Crippen LogP contribution >= 0.6 is 0 Å². The van der Waals surface area contributed by atoms with Gasteiger partial charge in [0.05, 0.1) is 12.1 Å². The zero-order valence-electron chi connectivity index (χ0n) is 16.0. The Labute approximate surface area is 168 Å². The number of benzene rings is 2. The summed E-state index contributed by atoms with van der Waals surface area (Å²) in [6.07, 6.45) is 2.48. The van der Waals surface area contributed by atoms with Gasteiger partial charge in [-0.15, -0.1) is 0 Å². The quantitative estimate of drug-likeness (QED) is 0.404. The third-order valence-corrected chi connectivity index (χ3v) is 5.23. The third kappa shape index (κ3) is 3.72. The molecule has 29 heavy (non-hydrogen) atoms. The molecule has 0 radical (unpaired) electrons. The van der Waals surface area contributed by atoms with Crippen molar-refractivity contribution in [3.8, 4) is 28.4 Å². The molecule has 148 valence electrons. The second kappa shape index (κ2) is 8.02. The summed E-state index contributed by atoms with van der Waals surface area (Å²) >= 11 is 0. The standard InChI is InChI=1S/C21H23N7O/c1-3-14(11-16(4-1)29-10-7-15-12-22-8-9-23-15)20-19-17(21-24-13-25-28-21)5-2-6-18(19)26-27-20/h1-6,11,13,15,22-23H,7-10,12H2,(H,26,27)(H,24,25,28)/t15-/m0/s1. The number of nitrogens with one attached hydrogen (secondary N) is 4. The van der Waals surface area contributed by atoms with E-state index in [1.807, 2.05) is 42.5 Å². The molecule has 0 unspecified atom stereocenters. The number of hydrogen-bond acceptors (Lipinski definition) is 6. The molecule has 1 atom stereocenters. The maximum absolute atomic E-state index is 6.03. The van der Waals surface area contributed by atoms with E-state index in [4.69, 9.17) is 4.74 Å². The highest BCUT2D eigenvalue weighted by Gasteiger charge is 2.16. The highest BCUT2D eigenvalue weighted by molar-refractivity contribution is 6.02. The van der Waals surface area contributed by atoms with Crippen molar-refractivity contribution in [2.24, 2.45) is 0 Å². The summed E-state index contributed by atoms with van der Waals surface area (Å²) in [5.41, 5.74) is 3.79. The molecule has 1 saturated heterocycles. The molecule has 5 rings (SSSR count). The first-order valence-corrected chi connectivity index (χ1v) is 9.88. The Bertz CT molecular complexity index is 1080. The summed E-state index contributed by atoms with van der Waals surface area (Å²) in [7, 11) is 0. The van der Waals surface area contributed by atoms with Crippen LogP contribution in [0.25, 0.3) is 33.5 Å². The predicted molar refractivity (Wildman–Crippen MR) is 112 cm³/mol. The predicted octanol–water partition coefficient (Wildman–Crippen LogP) is 2.35. The van der Waals surface area contributed by atoms with Crippen LogP contribution in [0.3, 0.4) is 0 Å². The monoisotopic (exact) mass is 389 g/mol. The zero-order chi connectivity index (χ0) is 19.5. The molecule has 4 N–H and O–H groups in total. The van der Waals surface area contributed by atoms with Gasteiger partial charge in [0.15, 0.2) is 5.82 Å². The molecule has 2 aromatic carbocycles. The summed E-state index contributed by atoms with van der Waals surface area (Å²) in [6.45, 7) is 3.72. The van der Waals surface area contributed by atoms with E-state index >= 15 is 0 Å². The summed E-state index contributed by atoms with van der Waals surface area (Å²) in [5.74, 6) is 1.57. The number of rotatable bonds is 6. The van der Waals surface area contributed by atoms with Crippen LogP contribution in [-0.2, 0) is 0 Å². The van der Waals surface area contributed by atoms with Crippen LogP contribution < -0.4 is 15.4 Å². The van der Waals surface area contributed by atoms with Crippen molar-refractivity contribution in [1.82, 2.24) is 36.0 Å². The highest BCUT2D eigenvalue weighted by atomic mass is 16.5. The van der Waals surface area contributed by atoms with Crippen LogP contribution in [0.15, 0.2) is 48.8 Å². The molecule has 0 aliphatic carbocycles. The second-order valence-corrected chi connectivity index (χ2v) is 7.15. The summed E-state index contributed by atoms with van der Waals surface area (Å²) in [6, 6.07) is 14.6. The van der Waals surface area contributed by atoms with Gasteiger partial charge in [0.25, 0.3) is 0 Å². The van der Waals surface area contributed by atoms with Crippen LogP contribution in [0.1, 0.15) is 6.42 Å². The first-order chi connectivity index (χ1) is 14.4. The Kier molecular flexibility index (Phi) is 4.93. The van der Waals surface area contributed by atoms with Gasteiger partial charge in [-0.1, -0.05) is 24.3 Å². The number of ether oxygens (including phenoxy) is 1. The van der Waals surface area contributed by atoms with Crippen LogP contribution in [-0.4, -0.2) is 57.7 Å². The third-order valence-electron chi connectivity index (χ3n) is 5.23. The average Bonchev–Trinajstić information content (AvgIpc) is 3.45. The molecule has 0 amide bonds. The highest BCUT2D eigenvalue weighted by Crippen LogP contribution is 2.34. The zero-order valence-corrected chi connectivity index (χ0v) is 16.0. The first kappa shape index (κ1) is 17.8. The van der Waals surface area contributed by atoms with Gasteiger partial charge < -0.3 is 15.4 Å². The van der Waals surface area contributed by atoms with Crippen LogP contribution in [0.5, 0.6) is 5.75 Å². The van der Waals surface area contributed by atoms with Gasteiger partial charge in [-0.25, -0.2) is 4.98 Å². The number of aromatic amines is 2. The summed E-state index contributed by atoms with van der Waals surface area (Å²) in [5, 5.41) is 22.5. The van der Waals surface area contributed by atoms with E-state index in [-0.39, 0.29) is 0 Å². The van der Waals surface area contributed by atoms with Gasteiger partial charge >= 0.3 is 0 Å². The molecule has 1 aliphatic rings. The van der Waals surface area contributed by atoms with Gasteiger partial charge in [-0.2, -0.15) is 10.2 Å². The fraction of sp³-hybridized carbons (Fsp3) is 0.286. The molecule has 0 bridgehead atoms. The Morgan fingerprint density at radius 3 is 2.90 bits per heavy atom. The van der Waals surface area contributed by atoms with Gasteiger partial charge in [0.1, 0.15) is 17.8 Å². The minimum atomic E-state index is 0.465. The van der Waals surface area contributed by atoms with Crippen molar-refractivity contribution >= 4 is 10.9 Å². The maximum Gasteiger partial charge on any atom is 0.156 e. The minimum absolute atomic E-state index is 0.465. The Hall–Kier alpha value is -3.23. The fourth-order valence-corrected chi connectivity index (χ4v) is 3.78. The molecule has 1 aliphatic heterocycles. The lowest BCUT2D eigenvalue weighted by Gasteiger charge is -2.24. The number of hydrogen-bond donors (Lipinski definition) is 4. The number of piperazine rings is 1. The van der Waals surface area contributed by atoms with E-state index < -0.39 is 0 Å². The lowest BCUT2D eigenvalue weighted by atomic mass is 10.0. The molecule has 4 aromatic rings. The van der Waals surface area contributed by atoms with E-state index in [0.717, 1.165) is 65.4 Å². The lowest BCUT2D eigenvalue weighted by Crippen LogP contribution is -2.48. The Morgan fingerprint density at radius 1 is 1.07 bits per heavy atom. The summed E-state index contributed by atoms with van der Waals surface area (Å²) < 4.78 is 6.03. The van der Waals surface area contributed by atoms with E-state index in [1.54, 1.807) is 0 Å². The molecular formula is C21H23N7O. The van der Waals surface area contributed by atoms with E-state index in [1.165, 1.54) is 6.33 Å². The van der Waals surface area contributed by atoms with Crippen molar-refractivity contribution in [2.45, 2.75) is 12.5 Å². The molecule has 8 heteroatoms. The molecule has 3 heterocycles. The number of H-pyrrole nitrogens is 2. The number of aromatic nitrogens is 5. The molecular weight excluding hydrogens is 366 g/mol. The summed E-state index contributed by atoms with van der Waals surface area (Å²) in [4.78, 5) is 4.31. The van der Waals surface area contributed by atoms with Crippen molar-refractivity contribution in [3.63, 3.8) is 0 Å². The minimum Gasteiger partial charge on any atom is -0.494 e. The van der Waals surface area contributed by atoms with E-state index in [0.29, 0.717) is 12.6 Å². The normalized spacial score (nSPS) is 16.9. The van der Waals surface area contributed by atoms with Gasteiger partial charge in [0, 0.05) is 42.2 Å². The van der Waals surface area contributed by atoms with E-state index in [2.05, 4.69) is 36.0 Å². The first-order valence-electron chi connectivity index (χ1n) is 9.88. The smallest absolute Gasteiger partial charge is 0.156 e. The molecule has 8 nitrogen and oxygen atoms in total. The topological polar surface area (TPSA) is 104 Å². The second-order valence-electron chi connectivity index (χ2n) is 7.15. The lowest BCUT2D eigenvalue weighted by molar-refractivity contribution is 0.274. The van der Waals surface area contributed by atoms with Crippen molar-refractivity contribution in [3.05, 3.63) is 48.8 Å². The van der Waals surface area contributed by atoms with Crippen LogP contribution in [0, 0.1) is 0 Å². The SMILES string of the molecule is c1cc(OCC[C@H]2CNCCN2)cc(-c2n[nH]c3cccc(-c4ncn[nH]4)c23)c1. The number of nitrogens with zero attached hydrogens (tertiary/aromatic N) is 3. The molecule has 0 saturated carbocycles. The van der Waals surface area contributed by atoms with Gasteiger partial charge in [-0.3, -0.25) is 10.2 Å². The fourth-order valence-electron chi connectivity index (χ4n) is 3.78. The van der Waals surface area contributed by atoms with Crippen LogP contribution in [0.2, 0.25) is 0 Å². The Morgan fingerprint density at radius 2 is 2.03 bits per heavy atom. The van der Waals surface area contributed by atoms with Crippen molar-refractivity contribution in [2.75, 3.05) is 26.2 Å². The van der Waals surface area contributed by atoms with Crippen molar-refractivity contribution < 1.29 is 4.74 Å². The number of fused-ring (bicyclic) bond motifs is 1. The molecule has 0 spiro atoms. The van der Waals surface area contributed by atoms with Crippen molar-refractivity contribution in [1.29, 1.82) is 0 Å². The van der Waals surface area contributed by atoms with E-state index in [9.17, 15) is 0 Å².